The number of furan rings is 1. The highest BCUT2D eigenvalue weighted by molar-refractivity contribution is 6.31. The number of benzene rings is 2. The molecule has 0 aliphatic carbocycles. The van der Waals surface area contributed by atoms with E-state index in [4.69, 9.17) is 16.0 Å². The Kier molecular flexibility index (Phi) is 7.30. The minimum absolute atomic E-state index is 0.270. The van der Waals surface area contributed by atoms with Gasteiger partial charge >= 0.3 is 0 Å². The highest BCUT2D eigenvalue weighted by atomic mass is 35.5. The van der Waals surface area contributed by atoms with Crippen LogP contribution in [0.15, 0.2) is 76.3 Å². The van der Waals surface area contributed by atoms with Crippen molar-refractivity contribution < 1.29 is 9.21 Å². The van der Waals surface area contributed by atoms with E-state index in [1.165, 1.54) is 6.26 Å². The van der Waals surface area contributed by atoms with Gasteiger partial charge in [0.1, 0.15) is 0 Å². The summed E-state index contributed by atoms with van der Waals surface area (Å²) in [6.45, 7) is 3.79. The molecule has 3 N–H and O–H groups in total. The van der Waals surface area contributed by atoms with Gasteiger partial charge in [-0.05, 0) is 48.4 Å². The number of hydrogen-bond acceptors (Lipinski definition) is 3. The molecule has 7 heteroatoms. The lowest BCUT2D eigenvalue weighted by atomic mass is 10.2. The quantitative estimate of drug-likeness (QED) is 0.397. The molecule has 3 aromatic rings. The molecule has 150 valence electrons. The Balaban J connectivity index is 1.63. The first-order valence-corrected chi connectivity index (χ1v) is 9.73. The number of guanidine groups is 1. The SMILES string of the molecule is CCNC(=NCc1cccc(NC(=O)c2ccco2)c1)NCc1ccccc1Cl. The van der Waals surface area contributed by atoms with Crippen LogP contribution in [0, 0.1) is 0 Å². The van der Waals surface area contributed by atoms with Crippen LogP contribution in [0.1, 0.15) is 28.6 Å². The van der Waals surface area contributed by atoms with Crippen LogP contribution < -0.4 is 16.0 Å². The van der Waals surface area contributed by atoms with Crippen LogP contribution >= 0.6 is 11.6 Å². The van der Waals surface area contributed by atoms with Gasteiger partial charge < -0.3 is 20.4 Å². The van der Waals surface area contributed by atoms with Crippen molar-refractivity contribution in [1.29, 1.82) is 0 Å². The molecular formula is C22H23ClN4O2. The van der Waals surface area contributed by atoms with Gasteiger partial charge in [-0.1, -0.05) is 41.9 Å². The van der Waals surface area contributed by atoms with Gasteiger partial charge in [0.05, 0.1) is 12.8 Å². The van der Waals surface area contributed by atoms with E-state index in [1.54, 1.807) is 12.1 Å². The van der Waals surface area contributed by atoms with E-state index in [0.29, 0.717) is 24.7 Å². The lowest BCUT2D eigenvalue weighted by Gasteiger charge is -2.12. The lowest BCUT2D eigenvalue weighted by molar-refractivity contribution is 0.0996. The van der Waals surface area contributed by atoms with Crippen LogP contribution in [-0.2, 0) is 13.1 Å². The van der Waals surface area contributed by atoms with Gasteiger partial charge in [0.15, 0.2) is 11.7 Å². The van der Waals surface area contributed by atoms with Crippen LogP contribution in [0.5, 0.6) is 0 Å². The third kappa shape index (κ3) is 6.12. The summed E-state index contributed by atoms with van der Waals surface area (Å²) in [6, 6.07) is 18.6. The minimum atomic E-state index is -0.287. The average molecular weight is 411 g/mol. The van der Waals surface area contributed by atoms with Crippen molar-refractivity contribution in [3.05, 3.63) is 88.8 Å². The van der Waals surface area contributed by atoms with Crippen LogP contribution in [0.4, 0.5) is 5.69 Å². The average Bonchev–Trinajstić information content (AvgIpc) is 3.26. The predicted octanol–water partition coefficient (Wildman–Crippen LogP) is 4.44. The molecule has 0 aliphatic rings. The van der Waals surface area contributed by atoms with Crippen molar-refractivity contribution in [2.45, 2.75) is 20.0 Å². The molecule has 0 spiro atoms. The van der Waals surface area contributed by atoms with Crippen LogP contribution in [-0.4, -0.2) is 18.4 Å². The van der Waals surface area contributed by atoms with E-state index < -0.39 is 0 Å². The Labute approximate surface area is 175 Å². The minimum Gasteiger partial charge on any atom is -0.459 e. The van der Waals surface area contributed by atoms with Crippen molar-refractivity contribution in [3.63, 3.8) is 0 Å². The van der Waals surface area contributed by atoms with E-state index >= 15 is 0 Å². The molecule has 1 amide bonds. The standard InChI is InChI=1S/C22H23ClN4O2/c1-2-24-22(26-15-17-8-3-4-10-19(17)23)25-14-16-7-5-9-18(13-16)27-21(28)20-11-6-12-29-20/h3-13H,2,14-15H2,1H3,(H,27,28)(H2,24,25,26). The molecule has 0 radical (unpaired) electrons. The molecule has 0 fully saturated rings. The summed E-state index contributed by atoms with van der Waals surface area (Å²) in [4.78, 5) is 16.7. The predicted molar refractivity (Wildman–Crippen MR) is 116 cm³/mol. The maximum atomic E-state index is 12.1. The van der Waals surface area contributed by atoms with E-state index in [0.717, 1.165) is 22.7 Å². The summed E-state index contributed by atoms with van der Waals surface area (Å²) in [5, 5.41) is 10.0. The number of amides is 1. The van der Waals surface area contributed by atoms with E-state index in [1.807, 2.05) is 55.5 Å². The second-order valence-corrected chi connectivity index (χ2v) is 6.68. The number of carbonyl (C=O) groups excluding carboxylic acids is 1. The number of hydrogen-bond donors (Lipinski definition) is 3. The zero-order chi connectivity index (χ0) is 20.5. The number of nitrogens with one attached hydrogen (secondary N) is 3. The molecule has 0 unspecified atom stereocenters. The van der Waals surface area contributed by atoms with E-state index in [9.17, 15) is 4.79 Å². The van der Waals surface area contributed by atoms with Gasteiger partial charge in [-0.2, -0.15) is 0 Å². The fraction of sp³-hybridized carbons (Fsp3) is 0.182. The largest absolute Gasteiger partial charge is 0.459 e. The first-order chi connectivity index (χ1) is 14.2. The molecule has 1 heterocycles. The van der Waals surface area contributed by atoms with Gasteiger partial charge in [0.2, 0.25) is 0 Å². The summed E-state index contributed by atoms with van der Waals surface area (Å²) in [6.07, 6.45) is 1.47. The third-order valence-electron chi connectivity index (χ3n) is 4.10. The Morgan fingerprint density at radius 3 is 2.69 bits per heavy atom. The number of rotatable bonds is 7. The number of aliphatic imine (C=N–C) groups is 1. The number of carbonyl (C=O) groups is 1. The fourth-order valence-electron chi connectivity index (χ4n) is 2.68. The van der Waals surface area contributed by atoms with Crippen LogP contribution in [0.25, 0.3) is 0 Å². The van der Waals surface area contributed by atoms with Crippen LogP contribution in [0.2, 0.25) is 5.02 Å². The second kappa shape index (κ2) is 10.3. The molecule has 0 atom stereocenters. The van der Waals surface area contributed by atoms with E-state index in [-0.39, 0.29) is 11.7 Å². The molecule has 0 saturated heterocycles. The molecule has 0 saturated carbocycles. The summed E-state index contributed by atoms with van der Waals surface area (Å²) in [5.41, 5.74) is 2.66. The fourth-order valence-corrected chi connectivity index (χ4v) is 2.88. The molecule has 3 rings (SSSR count). The number of halogens is 1. The topological polar surface area (TPSA) is 78.7 Å². The molecule has 0 bridgehead atoms. The monoisotopic (exact) mass is 410 g/mol. The first kappa shape index (κ1) is 20.5. The zero-order valence-electron chi connectivity index (χ0n) is 16.1. The van der Waals surface area contributed by atoms with Crippen molar-refractivity contribution in [1.82, 2.24) is 10.6 Å². The van der Waals surface area contributed by atoms with Gasteiger partial charge in [0.25, 0.3) is 5.91 Å². The highest BCUT2D eigenvalue weighted by Crippen LogP contribution is 2.15. The molecule has 6 nitrogen and oxygen atoms in total. The summed E-state index contributed by atoms with van der Waals surface area (Å²) < 4.78 is 5.12. The summed E-state index contributed by atoms with van der Waals surface area (Å²) in [7, 11) is 0. The van der Waals surface area contributed by atoms with Crippen molar-refractivity contribution in [2.24, 2.45) is 4.99 Å². The highest BCUT2D eigenvalue weighted by Gasteiger charge is 2.09. The lowest BCUT2D eigenvalue weighted by Crippen LogP contribution is -2.36. The first-order valence-electron chi connectivity index (χ1n) is 9.35. The molecular weight excluding hydrogens is 388 g/mol. The van der Waals surface area contributed by atoms with Crippen LogP contribution in [0.3, 0.4) is 0 Å². The summed E-state index contributed by atoms with van der Waals surface area (Å²) in [5.74, 6) is 0.675. The molecule has 1 aromatic heterocycles. The van der Waals surface area contributed by atoms with Gasteiger partial charge in [0, 0.05) is 23.8 Å². The van der Waals surface area contributed by atoms with Crippen molar-refractivity contribution in [3.8, 4) is 0 Å². The Hall–Kier alpha value is -3.25. The smallest absolute Gasteiger partial charge is 0.291 e. The summed E-state index contributed by atoms with van der Waals surface area (Å²) >= 11 is 6.21. The van der Waals surface area contributed by atoms with Gasteiger partial charge in [-0.25, -0.2) is 4.99 Å². The normalized spacial score (nSPS) is 11.2. The van der Waals surface area contributed by atoms with Crippen molar-refractivity contribution >= 4 is 29.2 Å². The second-order valence-electron chi connectivity index (χ2n) is 6.27. The number of anilines is 1. The molecule has 2 aromatic carbocycles. The van der Waals surface area contributed by atoms with Crippen molar-refractivity contribution in [2.75, 3.05) is 11.9 Å². The maximum absolute atomic E-state index is 12.1. The van der Waals surface area contributed by atoms with E-state index in [2.05, 4.69) is 20.9 Å². The van der Waals surface area contributed by atoms with Gasteiger partial charge in [-0.3, -0.25) is 4.79 Å². The molecule has 29 heavy (non-hydrogen) atoms. The Morgan fingerprint density at radius 1 is 1.07 bits per heavy atom. The Bertz CT molecular complexity index is 970. The zero-order valence-corrected chi connectivity index (χ0v) is 16.9. The third-order valence-corrected chi connectivity index (χ3v) is 4.47. The van der Waals surface area contributed by atoms with Gasteiger partial charge in [-0.15, -0.1) is 0 Å². The maximum Gasteiger partial charge on any atom is 0.291 e. The molecule has 0 aliphatic heterocycles. The number of nitrogens with zero attached hydrogens (tertiary/aromatic N) is 1. The Morgan fingerprint density at radius 2 is 1.93 bits per heavy atom.